The average molecular weight is 294 g/mol. The molecule has 4 nitrogen and oxygen atoms in total. The molecule has 0 saturated carbocycles. The number of anilines is 1. The normalized spacial score (nSPS) is 13.9. The van der Waals surface area contributed by atoms with Crippen molar-refractivity contribution in [2.45, 2.75) is 12.8 Å². The van der Waals surface area contributed by atoms with E-state index in [0.29, 0.717) is 6.41 Å². The molecule has 1 aliphatic heterocycles. The highest BCUT2D eigenvalue weighted by atomic mass is 16.2. The summed E-state index contributed by atoms with van der Waals surface area (Å²) in [5.41, 5.74) is 3.61. The summed E-state index contributed by atoms with van der Waals surface area (Å²) in [6.45, 7) is 1.73. The molecule has 4 heteroatoms. The first kappa shape index (κ1) is 14.3. The molecular weight excluding hydrogens is 276 g/mol. The Kier molecular flexibility index (Phi) is 4.19. The highest BCUT2D eigenvalue weighted by molar-refractivity contribution is 5.94. The van der Waals surface area contributed by atoms with E-state index >= 15 is 0 Å². The number of rotatable bonds is 4. The molecule has 2 amide bonds. The summed E-state index contributed by atoms with van der Waals surface area (Å²) in [5, 5.41) is 2.61. The fourth-order valence-corrected chi connectivity index (χ4v) is 2.73. The molecule has 22 heavy (non-hydrogen) atoms. The van der Waals surface area contributed by atoms with Crippen LogP contribution in [0.3, 0.4) is 0 Å². The number of hydrogen-bond acceptors (Lipinski definition) is 2. The van der Waals surface area contributed by atoms with Gasteiger partial charge in [-0.2, -0.15) is 0 Å². The molecule has 2 aromatic carbocycles. The van der Waals surface area contributed by atoms with E-state index in [0.717, 1.165) is 48.3 Å². The summed E-state index contributed by atoms with van der Waals surface area (Å²) in [4.78, 5) is 24.6. The number of amides is 2. The van der Waals surface area contributed by atoms with Gasteiger partial charge < -0.3 is 10.2 Å². The summed E-state index contributed by atoms with van der Waals surface area (Å²) in [5.74, 6) is 0.120. The minimum Gasteiger partial charge on any atom is -0.339 e. The summed E-state index contributed by atoms with van der Waals surface area (Å²) >= 11 is 0. The lowest BCUT2D eigenvalue weighted by Gasteiger charge is -2.15. The molecule has 2 aromatic rings. The number of hydrogen-bond donors (Lipinski definition) is 1. The van der Waals surface area contributed by atoms with Crippen LogP contribution in [0.5, 0.6) is 0 Å². The zero-order chi connectivity index (χ0) is 15.4. The van der Waals surface area contributed by atoms with Gasteiger partial charge in [-0.1, -0.05) is 24.3 Å². The Morgan fingerprint density at radius 1 is 0.909 bits per heavy atom. The van der Waals surface area contributed by atoms with E-state index in [4.69, 9.17) is 0 Å². The zero-order valence-electron chi connectivity index (χ0n) is 12.3. The molecule has 3 rings (SSSR count). The van der Waals surface area contributed by atoms with Crippen LogP contribution < -0.4 is 5.32 Å². The fourth-order valence-electron chi connectivity index (χ4n) is 2.73. The number of nitrogens with zero attached hydrogens (tertiary/aromatic N) is 1. The third-order valence-electron chi connectivity index (χ3n) is 3.97. The molecule has 0 aliphatic carbocycles. The van der Waals surface area contributed by atoms with Crippen LogP contribution >= 0.6 is 0 Å². The van der Waals surface area contributed by atoms with E-state index in [1.807, 2.05) is 53.4 Å². The van der Waals surface area contributed by atoms with Gasteiger partial charge in [-0.05, 0) is 48.2 Å². The lowest BCUT2D eigenvalue weighted by Crippen LogP contribution is -2.27. The number of benzene rings is 2. The standard InChI is InChI=1S/C18H18N2O2/c21-13-19-17-9-7-15(8-10-17)14-3-5-16(6-4-14)18(22)20-11-1-2-12-20/h3-10,13H,1-2,11-12H2,(H,19,21). The summed E-state index contributed by atoms with van der Waals surface area (Å²) in [7, 11) is 0. The van der Waals surface area contributed by atoms with Gasteiger partial charge >= 0.3 is 0 Å². The van der Waals surface area contributed by atoms with Crippen molar-refractivity contribution in [3.63, 3.8) is 0 Å². The largest absolute Gasteiger partial charge is 0.339 e. The van der Waals surface area contributed by atoms with Crippen LogP contribution in [0, 0.1) is 0 Å². The predicted octanol–water partition coefficient (Wildman–Crippen LogP) is 3.16. The highest BCUT2D eigenvalue weighted by Gasteiger charge is 2.19. The smallest absolute Gasteiger partial charge is 0.253 e. The Hall–Kier alpha value is -2.62. The van der Waals surface area contributed by atoms with Gasteiger partial charge in [0.05, 0.1) is 0 Å². The van der Waals surface area contributed by atoms with E-state index in [1.54, 1.807) is 0 Å². The molecular formula is C18H18N2O2. The van der Waals surface area contributed by atoms with E-state index in [9.17, 15) is 9.59 Å². The molecule has 1 N–H and O–H groups in total. The van der Waals surface area contributed by atoms with Crippen LogP contribution in [0.1, 0.15) is 23.2 Å². The Bertz CT molecular complexity index is 656. The third kappa shape index (κ3) is 3.01. The SMILES string of the molecule is O=CNc1ccc(-c2ccc(C(=O)N3CCCC3)cc2)cc1. The summed E-state index contributed by atoms with van der Waals surface area (Å²) < 4.78 is 0. The molecule has 1 heterocycles. The lowest BCUT2D eigenvalue weighted by atomic mass is 10.0. The van der Waals surface area contributed by atoms with Crippen molar-refractivity contribution in [1.82, 2.24) is 4.90 Å². The number of carbonyl (C=O) groups is 2. The number of nitrogens with one attached hydrogen (secondary N) is 1. The van der Waals surface area contributed by atoms with Crippen molar-refractivity contribution in [2.24, 2.45) is 0 Å². The second-order valence-corrected chi connectivity index (χ2v) is 5.42. The molecule has 0 radical (unpaired) electrons. The maximum absolute atomic E-state index is 12.3. The van der Waals surface area contributed by atoms with Crippen LogP contribution in [0.15, 0.2) is 48.5 Å². The molecule has 112 valence electrons. The second kappa shape index (κ2) is 6.43. The lowest BCUT2D eigenvalue weighted by molar-refractivity contribution is -0.105. The Morgan fingerprint density at radius 3 is 2.00 bits per heavy atom. The van der Waals surface area contributed by atoms with Crippen molar-refractivity contribution < 1.29 is 9.59 Å². The third-order valence-corrected chi connectivity index (χ3v) is 3.97. The van der Waals surface area contributed by atoms with Crippen LogP contribution in [0.4, 0.5) is 5.69 Å². The fraction of sp³-hybridized carbons (Fsp3) is 0.222. The minimum absolute atomic E-state index is 0.120. The first-order valence-electron chi connectivity index (χ1n) is 7.48. The monoisotopic (exact) mass is 294 g/mol. The van der Waals surface area contributed by atoms with Crippen molar-refractivity contribution in [3.05, 3.63) is 54.1 Å². The topological polar surface area (TPSA) is 49.4 Å². The molecule has 1 saturated heterocycles. The van der Waals surface area contributed by atoms with Crippen molar-refractivity contribution >= 4 is 18.0 Å². The van der Waals surface area contributed by atoms with Crippen molar-refractivity contribution in [3.8, 4) is 11.1 Å². The van der Waals surface area contributed by atoms with Gasteiger partial charge in [0.2, 0.25) is 6.41 Å². The van der Waals surface area contributed by atoms with E-state index < -0.39 is 0 Å². The van der Waals surface area contributed by atoms with Crippen molar-refractivity contribution in [2.75, 3.05) is 18.4 Å². The second-order valence-electron chi connectivity index (χ2n) is 5.42. The quantitative estimate of drug-likeness (QED) is 0.881. The minimum atomic E-state index is 0.120. The summed E-state index contributed by atoms with van der Waals surface area (Å²) in [6, 6.07) is 15.3. The van der Waals surface area contributed by atoms with Gasteiger partial charge in [-0.25, -0.2) is 0 Å². The first-order chi connectivity index (χ1) is 10.8. The summed E-state index contributed by atoms with van der Waals surface area (Å²) in [6.07, 6.45) is 2.86. The van der Waals surface area contributed by atoms with E-state index in [1.165, 1.54) is 0 Å². The van der Waals surface area contributed by atoms with Crippen LogP contribution in [0.2, 0.25) is 0 Å². The predicted molar refractivity (Wildman–Crippen MR) is 86.7 cm³/mol. The molecule has 0 aromatic heterocycles. The molecule has 0 unspecified atom stereocenters. The number of likely N-dealkylation sites (tertiary alicyclic amines) is 1. The molecule has 0 atom stereocenters. The van der Waals surface area contributed by atoms with Gasteiger partial charge in [-0.3, -0.25) is 9.59 Å². The molecule has 1 fully saturated rings. The van der Waals surface area contributed by atoms with E-state index in [2.05, 4.69) is 5.32 Å². The van der Waals surface area contributed by atoms with Gasteiger partial charge in [0, 0.05) is 24.3 Å². The maximum Gasteiger partial charge on any atom is 0.253 e. The van der Waals surface area contributed by atoms with Crippen molar-refractivity contribution in [1.29, 1.82) is 0 Å². The van der Waals surface area contributed by atoms with Gasteiger partial charge in [0.25, 0.3) is 5.91 Å². The first-order valence-corrected chi connectivity index (χ1v) is 7.48. The maximum atomic E-state index is 12.3. The van der Waals surface area contributed by atoms with E-state index in [-0.39, 0.29) is 5.91 Å². The van der Waals surface area contributed by atoms with Gasteiger partial charge in [0.1, 0.15) is 0 Å². The zero-order valence-corrected chi connectivity index (χ0v) is 12.3. The number of carbonyl (C=O) groups excluding carboxylic acids is 2. The van der Waals surface area contributed by atoms with Crippen LogP contribution in [0.25, 0.3) is 11.1 Å². The molecule has 1 aliphatic rings. The highest BCUT2D eigenvalue weighted by Crippen LogP contribution is 2.22. The Balaban J connectivity index is 1.75. The average Bonchev–Trinajstić information content (AvgIpc) is 3.10. The van der Waals surface area contributed by atoms with Gasteiger partial charge in [0.15, 0.2) is 0 Å². The van der Waals surface area contributed by atoms with Crippen LogP contribution in [-0.4, -0.2) is 30.3 Å². The molecule has 0 spiro atoms. The Labute approximate surface area is 129 Å². The van der Waals surface area contributed by atoms with Crippen LogP contribution in [-0.2, 0) is 4.79 Å². The Morgan fingerprint density at radius 2 is 1.45 bits per heavy atom. The molecule has 0 bridgehead atoms. The van der Waals surface area contributed by atoms with Gasteiger partial charge in [-0.15, -0.1) is 0 Å².